The zero-order chi connectivity index (χ0) is 11.4. The first-order chi connectivity index (χ1) is 7.79. The van der Waals surface area contributed by atoms with Crippen LogP contribution in [0.3, 0.4) is 0 Å². The van der Waals surface area contributed by atoms with Gasteiger partial charge in [-0.2, -0.15) is 0 Å². The molecule has 1 fully saturated rings. The monoisotopic (exact) mass is 224 g/mol. The van der Waals surface area contributed by atoms with Gasteiger partial charge >= 0.3 is 0 Å². The lowest BCUT2D eigenvalue weighted by Gasteiger charge is -2.34. The molecular formula is C12H17FN2O. The minimum absolute atomic E-state index is 0.198. The molecule has 0 aliphatic carbocycles. The predicted octanol–water partition coefficient (Wildman–Crippen LogP) is 1.38. The van der Waals surface area contributed by atoms with Crippen molar-refractivity contribution >= 4 is 5.69 Å². The van der Waals surface area contributed by atoms with Gasteiger partial charge in [0.1, 0.15) is 5.82 Å². The molecule has 2 rings (SSSR count). The number of anilines is 1. The normalized spacial score (nSPS) is 21.1. The van der Waals surface area contributed by atoms with Crippen LogP contribution in [0.25, 0.3) is 0 Å². The number of nitrogens with two attached hydrogens (primary N) is 1. The summed E-state index contributed by atoms with van der Waals surface area (Å²) < 4.78 is 18.4. The Bertz CT molecular complexity index is 326. The van der Waals surface area contributed by atoms with Crippen molar-refractivity contribution in [3.05, 3.63) is 30.1 Å². The lowest BCUT2D eigenvalue weighted by molar-refractivity contribution is 0.0369. The van der Waals surface area contributed by atoms with Crippen LogP contribution in [0.15, 0.2) is 24.3 Å². The number of halogens is 1. The zero-order valence-electron chi connectivity index (χ0n) is 9.23. The van der Waals surface area contributed by atoms with E-state index < -0.39 is 0 Å². The molecule has 1 heterocycles. The fourth-order valence-corrected chi connectivity index (χ4v) is 1.97. The van der Waals surface area contributed by atoms with Crippen LogP contribution < -0.4 is 10.6 Å². The van der Waals surface area contributed by atoms with Gasteiger partial charge in [0, 0.05) is 18.8 Å². The van der Waals surface area contributed by atoms with E-state index in [4.69, 9.17) is 10.5 Å². The van der Waals surface area contributed by atoms with E-state index in [2.05, 4.69) is 4.90 Å². The minimum Gasteiger partial charge on any atom is -0.374 e. The molecule has 0 saturated carbocycles. The van der Waals surface area contributed by atoms with E-state index in [0.717, 1.165) is 25.2 Å². The van der Waals surface area contributed by atoms with Gasteiger partial charge in [0.05, 0.1) is 12.7 Å². The fourth-order valence-electron chi connectivity index (χ4n) is 1.97. The molecule has 0 radical (unpaired) electrons. The average Bonchev–Trinajstić information content (AvgIpc) is 2.31. The highest BCUT2D eigenvalue weighted by molar-refractivity contribution is 5.46. The van der Waals surface area contributed by atoms with Gasteiger partial charge in [0.2, 0.25) is 0 Å². The second kappa shape index (κ2) is 5.27. The van der Waals surface area contributed by atoms with E-state index in [1.165, 1.54) is 12.1 Å². The van der Waals surface area contributed by atoms with Crippen molar-refractivity contribution in [2.24, 2.45) is 5.73 Å². The molecule has 1 atom stereocenters. The first-order valence-electron chi connectivity index (χ1n) is 5.62. The second-order valence-electron chi connectivity index (χ2n) is 3.99. The Morgan fingerprint density at radius 2 is 2.12 bits per heavy atom. The molecular weight excluding hydrogens is 207 g/mol. The van der Waals surface area contributed by atoms with Gasteiger partial charge in [-0.25, -0.2) is 4.39 Å². The number of rotatable bonds is 3. The third kappa shape index (κ3) is 2.71. The van der Waals surface area contributed by atoms with E-state index in [0.29, 0.717) is 13.2 Å². The Morgan fingerprint density at radius 3 is 2.81 bits per heavy atom. The summed E-state index contributed by atoms with van der Waals surface area (Å²) in [5.41, 5.74) is 6.56. The van der Waals surface area contributed by atoms with Crippen LogP contribution in [-0.2, 0) is 4.74 Å². The van der Waals surface area contributed by atoms with Crippen LogP contribution in [0, 0.1) is 5.82 Å². The standard InChI is InChI=1S/C12H17FN2O/c13-10-1-3-11(4-2-10)15-7-8-16-12(9-15)5-6-14/h1-4,12H,5-9,14H2. The predicted molar refractivity (Wildman–Crippen MR) is 62.0 cm³/mol. The first kappa shape index (κ1) is 11.4. The van der Waals surface area contributed by atoms with Crippen molar-refractivity contribution in [1.29, 1.82) is 0 Å². The maximum atomic E-state index is 12.8. The van der Waals surface area contributed by atoms with Gasteiger partial charge in [-0.1, -0.05) is 0 Å². The van der Waals surface area contributed by atoms with Gasteiger partial charge in [0.15, 0.2) is 0 Å². The van der Waals surface area contributed by atoms with Crippen LogP contribution in [0.1, 0.15) is 6.42 Å². The van der Waals surface area contributed by atoms with E-state index in [1.54, 1.807) is 12.1 Å². The van der Waals surface area contributed by atoms with Crippen molar-refractivity contribution in [2.45, 2.75) is 12.5 Å². The van der Waals surface area contributed by atoms with Gasteiger partial charge in [-0.05, 0) is 37.2 Å². The molecule has 1 aliphatic rings. The van der Waals surface area contributed by atoms with E-state index in [-0.39, 0.29) is 11.9 Å². The molecule has 16 heavy (non-hydrogen) atoms. The molecule has 2 N–H and O–H groups in total. The molecule has 1 aromatic carbocycles. The molecule has 4 heteroatoms. The Labute approximate surface area is 95.0 Å². The molecule has 0 amide bonds. The Morgan fingerprint density at radius 1 is 1.38 bits per heavy atom. The summed E-state index contributed by atoms with van der Waals surface area (Å²) >= 11 is 0. The topological polar surface area (TPSA) is 38.5 Å². The van der Waals surface area contributed by atoms with E-state index in [9.17, 15) is 4.39 Å². The summed E-state index contributed by atoms with van der Waals surface area (Å²) in [6.45, 7) is 3.04. The SMILES string of the molecule is NCCC1CN(c2ccc(F)cc2)CCO1. The quantitative estimate of drug-likeness (QED) is 0.843. The van der Waals surface area contributed by atoms with Gasteiger partial charge in [0.25, 0.3) is 0 Å². The summed E-state index contributed by atoms with van der Waals surface area (Å²) in [5, 5.41) is 0. The van der Waals surface area contributed by atoms with Crippen molar-refractivity contribution in [3.8, 4) is 0 Å². The van der Waals surface area contributed by atoms with Crippen molar-refractivity contribution in [3.63, 3.8) is 0 Å². The van der Waals surface area contributed by atoms with E-state index >= 15 is 0 Å². The summed E-state index contributed by atoms with van der Waals surface area (Å²) in [5.74, 6) is -0.199. The molecule has 1 aromatic rings. The second-order valence-corrected chi connectivity index (χ2v) is 3.99. The molecule has 1 unspecified atom stereocenters. The van der Waals surface area contributed by atoms with Crippen molar-refractivity contribution < 1.29 is 9.13 Å². The van der Waals surface area contributed by atoms with Gasteiger partial charge in [-0.15, -0.1) is 0 Å². The molecule has 0 bridgehead atoms. The fraction of sp³-hybridized carbons (Fsp3) is 0.500. The van der Waals surface area contributed by atoms with Gasteiger partial charge in [-0.3, -0.25) is 0 Å². The molecule has 1 aliphatic heterocycles. The summed E-state index contributed by atoms with van der Waals surface area (Å²) in [6, 6.07) is 6.59. The Hall–Kier alpha value is -1.13. The highest BCUT2D eigenvalue weighted by atomic mass is 19.1. The number of benzene rings is 1. The highest BCUT2D eigenvalue weighted by Crippen LogP contribution is 2.18. The number of nitrogens with zero attached hydrogens (tertiary/aromatic N) is 1. The molecule has 3 nitrogen and oxygen atoms in total. The van der Waals surface area contributed by atoms with Crippen LogP contribution in [0.4, 0.5) is 10.1 Å². The van der Waals surface area contributed by atoms with Crippen LogP contribution >= 0.6 is 0 Å². The van der Waals surface area contributed by atoms with Gasteiger partial charge < -0.3 is 15.4 Å². The zero-order valence-corrected chi connectivity index (χ0v) is 9.23. The molecule has 0 spiro atoms. The Kier molecular flexibility index (Phi) is 3.74. The van der Waals surface area contributed by atoms with E-state index in [1.807, 2.05) is 0 Å². The molecule has 88 valence electrons. The number of hydrogen-bond acceptors (Lipinski definition) is 3. The maximum absolute atomic E-state index is 12.8. The molecule has 0 aromatic heterocycles. The summed E-state index contributed by atoms with van der Waals surface area (Å²) in [6.07, 6.45) is 1.07. The third-order valence-corrected chi connectivity index (χ3v) is 2.82. The Balaban J connectivity index is 2.01. The number of ether oxygens (including phenoxy) is 1. The van der Waals surface area contributed by atoms with Crippen molar-refractivity contribution in [1.82, 2.24) is 0 Å². The number of hydrogen-bond donors (Lipinski definition) is 1. The largest absolute Gasteiger partial charge is 0.374 e. The smallest absolute Gasteiger partial charge is 0.123 e. The van der Waals surface area contributed by atoms with Crippen molar-refractivity contribution in [2.75, 3.05) is 31.1 Å². The third-order valence-electron chi connectivity index (χ3n) is 2.82. The minimum atomic E-state index is -0.199. The van der Waals surface area contributed by atoms with Crippen LogP contribution in [-0.4, -0.2) is 32.3 Å². The van der Waals surface area contributed by atoms with Crippen LogP contribution in [0.5, 0.6) is 0 Å². The highest BCUT2D eigenvalue weighted by Gasteiger charge is 2.19. The summed E-state index contributed by atoms with van der Waals surface area (Å²) in [4.78, 5) is 2.21. The number of morpholine rings is 1. The van der Waals surface area contributed by atoms with Crippen LogP contribution in [0.2, 0.25) is 0 Å². The lowest BCUT2D eigenvalue weighted by Crippen LogP contribution is -2.43. The lowest BCUT2D eigenvalue weighted by atomic mass is 10.2. The summed E-state index contributed by atoms with van der Waals surface area (Å²) in [7, 11) is 0. The first-order valence-corrected chi connectivity index (χ1v) is 5.62. The maximum Gasteiger partial charge on any atom is 0.123 e. The molecule has 1 saturated heterocycles. The average molecular weight is 224 g/mol.